The molecule has 0 spiro atoms. The Morgan fingerprint density at radius 1 is 0.679 bits per heavy atom. The maximum Gasteiger partial charge on any atom is 0.271 e. The third-order valence-corrected chi connectivity index (χ3v) is 10.2. The van der Waals surface area contributed by atoms with Crippen LogP contribution in [-0.4, -0.2) is 38.5 Å². The number of hydrogen-bond donors (Lipinski definition) is 2. The van der Waals surface area contributed by atoms with Crippen molar-refractivity contribution in [2.24, 2.45) is 0 Å². The summed E-state index contributed by atoms with van der Waals surface area (Å²) in [6.07, 6.45) is 1.31. The second-order valence-corrected chi connectivity index (χ2v) is 14.2. The monoisotopic (exact) mass is 740 g/mol. The highest BCUT2D eigenvalue weighted by atomic mass is 16.7. The van der Waals surface area contributed by atoms with Crippen LogP contribution >= 0.6 is 0 Å². The number of aromatic nitrogens is 2. The minimum absolute atomic E-state index is 0.00488. The molecule has 1 aliphatic rings. The van der Waals surface area contributed by atoms with Crippen LogP contribution in [0.15, 0.2) is 164 Å². The molecule has 7 aromatic rings. The van der Waals surface area contributed by atoms with Gasteiger partial charge in [-0.15, -0.1) is 0 Å². The number of aliphatic hydroxyl groups is 1. The fourth-order valence-corrected chi connectivity index (χ4v) is 7.30. The molecule has 2 N–H and O–H groups in total. The van der Waals surface area contributed by atoms with E-state index < -0.39 is 6.29 Å². The highest BCUT2D eigenvalue weighted by molar-refractivity contribution is 5.93. The Bertz CT molecular complexity index is 2310. The van der Waals surface area contributed by atoms with E-state index in [4.69, 9.17) is 9.47 Å². The fourth-order valence-electron chi connectivity index (χ4n) is 7.30. The zero-order valence-corrected chi connectivity index (χ0v) is 31.1. The van der Waals surface area contributed by atoms with Gasteiger partial charge in [0.15, 0.2) is 6.29 Å². The molecule has 1 amide bonds. The van der Waals surface area contributed by atoms with Gasteiger partial charge in [-0.3, -0.25) is 14.7 Å². The molecule has 1 saturated heterocycles. The largest absolute Gasteiger partial charge is 0.392 e. The molecule has 0 saturated carbocycles. The summed E-state index contributed by atoms with van der Waals surface area (Å²) >= 11 is 0. The quantitative estimate of drug-likeness (QED) is 0.122. The average molecular weight is 741 g/mol. The number of para-hydroxylation sites is 2. The summed E-state index contributed by atoms with van der Waals surface area (Å²) in [5.74, 6) is -0.277. The third-order valence-electron chi connectivity index (χ3n) is 10.2. The van der Waals surface area contributed by atoms with Gasteiger partial charge in [-0.1, -0.05) is 146 Å². The first-order valence-corrected chi connectivity index (χ1v) is 19.1. The average Bonchev–Trinajstić information content (AvgIpc) is 3.26. The maximum atomic E-state index is 13.1. The van der Waals surface area contributed by atoms with Gasteiger partial charge in [0.2, 0.25) is 0 Å². The first-order chi connectivity index (χ1) is 27.6. The zero-order valence-electron chi connectivity index (χ0n) is 31.1. The molecule has 8 nitrogen and oxygen atoms in total. The van der Waals surface area contributed by atoms with Crippen LogP contribution in [0.5, 0.6) is 0 Å². The van der Waals surface area contributed by atoms with Gasteiger partial charge in [-0.25, -0.2) is 4.98 Å². The Hall–Kier alpha value is -6.03. The van der Waals surface area contributed by atoms with Gasteiger partial charge < -0.3 is 19.9 Å². The lowest BCUT2D eigenvalue weighted by Gasteiger charge is -2.38. The molecule has 8 heteroatoms. The molecule has 0 bridgehead atoms. The van der Waals surface area contributed by atoms with Crippen molar-refractivity contribution in [3.05, 3.63) is 203 Å². The van der Waals surface area contributed by atoms with E-state index in [1.807, 2.05) is 66.7 Å². The molecule has 56 heavy (non-hydrogen) atoms. The normalized spacial score (nSPS) is 16.9. The number of ether oxygens (including phenoxy) is 2. The summed E-state index contributed by atoms with van der Waals surface area (Å²) < 4.78 is 13.5. The van der Waals surface area contributed by atoms with E-state index in [0.717, 1.165) is 58.5 Å². The van der Waals surface area contributed by atoms with Crippen molar-refractivity contribution >= 4 is 16.9 Å². The van der Waals surface area contributed by atoms with Crippen molar-refractivity contribution in [2.45, 2.75) is 51.2 Å². The number of fused-ring (bicyclic) bond motifs is 1. The van der Waals surface area contributed by atoms with Gasteiger partial charge in [-0.2, -0.15) is 0 Å². The topological polar surface area (TPSA) is 96.8 Å². The fraction of sp³-hybridized carbons (Fsp3) is 0.188. The molecule has 3 atom stereocenters. The molecular formula is C48H44N4O4. The number of hydrogen-bond acceptors (Lipinski definition) is 7. The number of rotatable bonds is 13. The lowest BCUT2D eigenvalue weighted by molar-refractivity contribution is -0.253. The summed E-state index contributed by atoms with van der Waals surface area (Å²) in [7, 11) is 0. The summed E-state index contributed by atoms with van der Waals surface area (Å²) in [5, 5.41) is 12.7. The summed E-state index contributed by atoms with van der Waals surface area (Å²) in [6, 6.07) is 53.0. The van der Waals surface area contributed by atoms with Crippen molar-refractivity contribution in [2.75, 3.05) is 6.54 Å². The lowest BCUT2D eigenvalue weighted by atomic mass is 9.97. The second-order valence-electron chi connectivity index (χ2n) is 14.2. The lowest BCUT2D eigenvalue weighted by Crippen LogP contribution is -2.39. The number of aliphatic hydroxyl groups excluding tert-OH is 1. The molecule has 8 rings (SSSR count). The molecule has 1 fully saturated rings. The van der Waals surface area contributed by atoms with Crippen molar-refractivity contribution in [1.82, 2.24) is 20.2 Å². The Morgan fingerprint density at radius 2 is 1.30 bits per heavy atom. The van der Waals surface area contributed by atoms with Gasteiger partial charge in [0.25, 0.3) is 5.91 Å². The van der Waals surface area contributed by atoms with Crippen LogP contribution in [0.25, 0.3) is 22.2 Å². The number of nitrogens with zero attached hydrogens (tertiary/aromatic N) is 3. The van der Waals surface area contributed by atoms with Crippen molar-refractivity contribution in [3.63, 3.8) is 0 Å². The number of nitrogens with one attached hydrogen (secondary N) is 1. The van der Waals surface area contributed by atoms with E-state index in [1.165, 1.54) is 17.3 Å². The molecule has 1 aromatic heterocycles. The zero-order chi connectivity index (χ0) is 38.1. The van der Waals surface area contributed by atoms with E-state index in [-0.39, 0.29) is 30.4 Å². The highest BCUT2D eigenvalue weighted by Gasteiger charge is 2.33. The van der Waals surface area contributed by atoms with E-state index in [1.54, 1.807) is 0 Å². The van der Waals surface area contributed by atoms with E-state index in [0.29, 0.717) is 18.5 Å². The number of benzene rings is 6. The van der Waals surface area contributed by atoms with Crippen LogP contribution < -0.4 is 5.32 Å². The standard InChI is InChI=1S/C48H44N4O4/c53-33-36-19-21-38(22-20-36)46-27-41(32-52(30-34-11-3-1-4-12-34)31-35-13-5-2-6-14-35)55-48(56-46)39-25-23-37(24-26-39)42-16-8-7-15-40(42)28-50-47(54)45-29-49-43-17-9-10-18-44(43)51-45/h1-26,29,41,46,48,53H,27-28,30-33H2,(H,50,54)/t41-,46+,48+/m1/s1. The molecular weight excluding hydrogens is 697 g/mol. The smallest absolute Gasteiger partial charge is 0.271 e. The van der Waals surface area contributed by atoms with Crippen LogP contribution in [0.1, 0.15) is 62.7 Å². The number of amides is 1. The SMILES string of the molecule is O=C(NCc1ccccc1-c1ccc([C@H]2O[C@@H](CN(Cc3ccccc3)Cc3ccccc3)C[C@@H](c3ccc(CO)cc3)O2)cc1)c1cnc2ccccc2n1. The Kier molecular flexibility index (Phi) is 11.6. The van der Waals surface area contributed by atoms with Crippen LogP contribution in [0.3, 0.4) is 0 Å². The molecule has 2 heterocycles. The van der Waals surface area contributed by atoms with Crippen LogP contribution in [-0.2, 0) is 35.7 Å². The second kappa shape index (κ2) is 17.6. The Labute approximate surface area is 327 Å². The predicted molar refractivity (Wildman–Crippen MR) is 218 cm³/mol. The summed E-state index contributed by atoms with van der Waals surface area (Å²) in [4.78, 5) is 24.5. The van der Waals surface area contributed by atoms with Gasteiger partial charge in [0, 0.05) is 38.2 Å². The van der Waals surface area contributed by atoms with Gasteiger partial charge in [-0.05, 0) is 51.1 Å². The minimum Gasteiger partial charge on any atom is -0.392 e. The van der Waals surface area contributed by atoms with Crippen LogP contribution in [0.2, 0.25) is 0 Å². The number of carbonyl (C=O) groups is 1. The first-order valence-electron chi connectivity index (χ1n) is 19.1. The maximum absolute atomic E-state index is 13.1. The predicted octanol–water partition coefficient (Wildman–Crippen LogP) is 8.97. The van der Waals surface area contributed by atoms with Crippen molar-refractivity contribution < 1.29 is 19.4 Å². The first kappa shape index (κ1) is 36.9. The van der Waals surface area contributed by atoms with Gasteiger partial charge >= 0.3 is 0 Å². The third kappa shape index (κ3) is 9.08. The van der Waals surface area contributed by atoms with E-state index in [9.17, 15) is 9.90 Å². The molecule has 280 valence electrons. The summed E-state index contributed by atoms with van der Waals surface area (Å²) in [5.41, 5.74) is 10.1. The molecule has 0 unspecified atom stereocenters. The van der Waals surface area contributed by atoms with E-state index in [2.05, 4.69) is 111 Å². The summed E-state index contributed by atoms with van der Waals surface area (Å²) in [6.45, 7) is 2.63. The highest BCUT2D eigenvalue weighted by Crippen LogP contribution is 2.39. The van der Waals surface area contributed by atoms with Crippen LogP contribution in [0, 0.1) is 0 Å². The van der Waals surface area contributed by atoms with Gasteiger partial charge in [0.05, 0.1) is 36.0 Å². The van der Waals surface area contributed by atoms with Crippen molar-refractivity contribution in [3.8, 4) is 11.1 Å². The van der Waals surface area contributed by atoms with Gasteiger partial charge in [0.1, 0.15) is 5.69 Å². The molecule has 0 aliphatic carbocycles. The molecule has 0 radical (unpaired) electrons. The number of carbonyl (C=O) groups excluding carboxylic acids is 1. The molecule has 1 aliphatic heterocycles. The Morgan fingerprint density at radius 3 is 2.00 bits per heavy atom. The Balaban J connectivity index is 1.01. The minimum atomic E-state index is -0.585. The van der Waals surface area contributed by atoms with Crippen molar-refractivity contribution in [1.29, 1.82) is 0 Å². The molecule has 6 aromatic carbocycles. The van der Waals surface area contributed by atoms with E-state index >= 15 is 0 Å². The van der Waals surface area contributed by atoms with Crippen LogP contribution in [0.4, 0.5) is 0 Å².